The second kappa shape index (κ2) is 22.5. The number of halogens is 6. The molecule has 0 fully saturated rings. The van der Waals surface area contributed by atoms with Gasteiger partial charge in [-0.3, -0.25) is 38.4 Å². The molecule has 2 atom stereocenters. The number of carbonyl (C=O) groups is 6. The number of rotatable bonds is 18. The third-order valence-electron chi connectivity index (χ3n) is 11.5. The van der Waals surface area contributed by atoms with Gasteiger partial charge in [0.05, 0.1) is 56.0 Å². The summed E-state index contributed by atoms with van der Waals surface area (Å²) in [5.41, 5.74) is 0.572. The number of nitrogens with zero attached hydrogens (tertiary/aromatic N) is 2. The van der Waals surface area contributed by atoms with E-state index in [1.807, 2.05) is 0 Å². The molecule has 2 aliphatic heterocycles. The van der Waals surface area contributed by atoms with Crippen LogP contribution in [0.1, 0.15) is 55.8 Å². The number of fused-ring (bicyclic) bond motifs is 2. The third-order valence-corrected chi connectivity index (χ3v) is 11.5. The molecule has 4 heterocycles. The molecule has 4 aromatic carbocycles. The van der Waals surface area contributed by atoms with E-state index >= 15 is 0 Å². The number of aliphatic carboxylic acids is 1. The fraction of sp³-hybridized carbons (Fsp3) is 0.216. The largest absolute Gasteiger partial charge is 0.493 e. The molecule has 6 aromatic rings. The lowest BCUT2D eigenvalue weighted by atomic mass is 9.99. The van der Waals surface area contributed by atoms with Gasteiger partial charge >= 0.3 is 11.9 Å². The zero-order chi connectivity index (χ0) is 52.7. The first-order chi connectivity index (χ1) is 34.8. The number of ketones is 2. The highest BCUT2D eigenvalue weighted by atomic mass is 19.2. The van der Waals surface area contributed by atoms with Crippen molar-refractivity contribution in [1.82, 2.24) is 9.13 Å². The lowest BCUT2D eigenvalue weighted by molar-refractivity contribution is -0.146. The molecule has 2 amide bonds. The van der Waals surface area contributed by atoms with E-state index < -0.39 is 94.2 Å². The van der Waals surface area contributed by atoms with Crippen molar-refractivity contribution in [2.75, 3.05) is 31.0 Å². The summed E-state index contributed by atoms with van der Waals surface area (Å²) in [5.74, 6) is -14.3. The second-order valence-electron chi connectivity index (χ2n) is 16.7. The van der Waals surface area contributed by atoms with E-state index in [0.717, 1.165) is 51.6 Å². The van der Waals surface area contributed by atoms with Crippen LogP contribution >= 0.6 is 0 Å². The summed E-state index contributed by atoms with van der Waals surface area (Å²) in [7, 11) is 1.15. The number of carboxylic acid groups (broad SMARTS) is 1. The van der Waals surface area contributed by atoms with E-state index in [4.69, 9.17) is 14.2 Å². The lowest BCUT2D eigenvalue weighted by Gasteiger charge is -2.16. The zero-order valence-corrected chi connectivity index (χ0v) is 38.1. The van der Waals surface area contributed by atoms with Gasteiger partial charge in [0, 0.05) is 48.7 Å². The Kier molecular flexibility index (Phi) is 16.0. The molecule has 73 heavy (non-hydrogen) atoms. The van der Waals surface area contributed by atoms with Crippen molar-refractivity contribution in [3.05, 3.63) is 186 Å². The Labute approximate surface area is 408 Å². The summed E-state index contributed by atoms with van der Waals surface area (Å²) in [6.07, 6.45) is 2.13. The first-order valence-corrected chi connectivity index (χ1v) is 21.9. The normalized spacial score (nSPS) is 13.1. The minimum Gasteiger partial charge on any atom is -0.493 e. The molecule has 2 aliphatic rings. The number of aromatic nitrogens is 2. The highest BCUT2D eigenvalue weighted by Gasteiger charge is 2.28. The predicted octanol–water partition coefficient (Wildman–Crippen LogP) is 6.41. The standard InChI is InChI=1S/C26H21F3N2O6.C25H19F3N2O6/c1-36-26(35)16(13-37-17-5-4-15-10-23(33)30-21(15)11-17)9-22(32)18-3-2-6-31(25(18)34)12-14-7-19(27)24(29)20(28)8-14;26-18-6-13(7-19(27)23(18)28)11-30-5-1-2-17(24(30)33)21(31)8-15(25(34)35)12-36-16-4-3-14-9-22(32)29-20(14)10-16/h2-8,11,16H,9-10,12-13H2,1H3,(H,30,33);1-7,10,15H,8-9,11-12H2,(H,29,32)(H,34,35)/t16-;15-/m00/s1. The summed E-state index contributed by atoms with van der Waals surface area (Å²) in [6.45, 7) is -1.26. The smallest absolute Gasteiger partial charge is 0.312 e. The number of nitrogens with one attached hydrogen (secondary N) is 2. The van der Waals surface area contributed by atoms with Crippen LogP contribution in [0.5, 0.6) is 11.5 Å². The summed E-state index contributed by atoms with van der Waals surface area (Å²) >= 11 is 0. The summed E-state index contributed by atoms with van der Waals surface area (Å²) < 4.78 is 98.5. The van der Waals surface area contributed by atoms with E-state index in [2.05, 4.69) is 10.6 Å². The maximum atomic E-state index is 13.6. The molecule has 22 heteroatoms. The average molecular weight is 1010 g/mol. The molecule has 0 radical (unpaired) electrons. The predicted molar refractivity (Wildman–Crippen MR) is 245 cm³/mol. The number of anilines is 2. The summed E-state index contributed by atoms with van der Waals surface area (Å²) in [4.78, 5) is 98.5. The van der Waals surface area contributed by atoms with Crippen LogP contribution in [0.25, 0.3) is 0 Å². The molecule has 16 nitrogen and oxygen atoms in total. The van der Waals surface area contributed by atoms with E-state index in [1.165, 1.54) is 36.7 Å². The highest BCUT2D eigenvalue weighted by molar-refractivity contribution is 6.00. The first-order valence-electron chi connectivity index (χ1n) is 21.9. The van der Waals surface area contributed by atoms with Gasteiger partial charge in [0.1, 0.15) is 24.7 Å². The number of carbonyl (C=O) groups excluding carboxylic acids is 5. The Morgan fingerprint density at radius 3 is 1.38 bits per heavy atom. The molecule has 3 N–H and O–H groups in total. The van der Waals surface area contributed by atoms with Crippen LogP contribution in [0.2, 0.25) is 0 Å². The SMILES string of the molecule is COC(=O)[C@H](COc1ccc2c(c1)NC(=O)C2)CC(=O)c1cccn(Cc2cc(F)c(F)c(F)c2)c1=O.O=C1Cc2ccc(OC[C@H](CC(=O)c3cccn(Cc4cc(F)c(F)c(F)c4)c3=O)C(=O)O)cc2N1. The molecule has 0 saturated heterocycles. The zero-order valence-electron chi connectivity index (χ0n) is 38.1. The number of Topliss-reactive ketones (excluding diaryl/α,β-unsaturated/α-hetero) is 2. The minimum atomic E-state index is -1.64. The van der Waals surface area contributed by atoms with Gasteiger partial charge in [0.25, 0.3) is 11.1 Å². The number of benzene rings is 4. The number of ether oxygens (including phenoxy) is 3. The van der Waals surface area contributed by atoms with Crippen LogP contribution in [0.3, 0.4) is 0 Å². The summed E-state index contributed by atoms with van der Waals surface area (Å²) in [5, 5.41) is 14.9. The van der Waals surface area contributed by atoms with Gasteiger partial charge in [0.2, 0.25) is 11.8 Å². The molecule has 378 valence electrons. The molecular formula is C51H40F6N4O12. The maximum absolute atomic E-state index is 13.6. The van der Waals surface area contributed by atoms with Crippen LogP contribution in [0, 0.1) is 46.7 Å². The average Bonchev–Trinajstić information content (AvgIpc) is 3.93. The number of esters is 1. The monoisotopic (exact) mass is 1010 g/mol. The van der Waals surface area contributed by atoms with Crippen LogP contribution in [0.15, 0.2) is 107 Å². The van der Waals surface area contributed by atoms with Crippen LogP contribution in [-0.2, 0) is 49.8 Å². The van der Waals surface area contributed by atoms with Gasteiger partial charge in [-0.1, -0.05) is 12.1 Å². The van der Waals surface area contributed by atoms with Crippen molar-refractivity contribution in [2.45, 2.75) is 38.8 Å². The molecular weight excluding hydrogens is 975 g/mol. The van der Waals surface area contributed by atoms with Crippen LogP contribution in [0.4, 0.5) is 37.7 Å². The molecule has 2 aromatic heterocycles. The number of amides is 2. The third kappa shape index (κ3) is 12.6. The van der Waals surface area contributed by atoms with Crippen molar-refractivity contribution in [2.24, 2.45) is 11.8 Å². The maximum Gasteiger partial charge on any atom is 0.312 e. The van der Waals surface area contributed by atoms with E-state index in [0.29, 0.717) is 22.9 Å². The molecule has 0 bridgehead atoms. The van der Waals surface area contributed by atoms with Crippen molar-refractivity contribution >= 4 is 46.7 Å². The molecule has 8 rings (SSSR count). The highest BCUT2D eigenvalue weighted by Crippen LogP contribution is 2.30. The number of pyridine rings is 2. The summed E-state index contributed by atoms with van der Waals surface area (Å²) in [6, 6.07) is 18.0. The van der Waals surface area contributed by atoms with Crippen molar-refractivity contribution in [3.63, 3.8) is 0 Å². The van der Waals surface area contributed by atoms with E-state index in [1.54, 1.807) is 36.4 Å². The molecule has 0 aliphatic carbocycles. The van der Waals surface area contributed by atoms with Gasteiger partial charge in [0.15, 0.2) is 46.5 Å². The van der Waals surface area contributed by atoms with Crippen LogP contribution < -0.4 is 31.2 Å². The Morgan fingerprint density at radius 1 is 0.589 bits per heavy atom. The number of hydrogen-bond donors (Lipinski definition) is 3. The Bertz CT molecular complexity index is 3280. The number of methoxy groups -OCH3 is 1. The van der Waals surface area contributed by atoms with Crippen LogP contribution in [-0.4, -0.2) is 69.9 Å². The quantitative estimate of drug-likeness (QED) is 0.0368. The Morgan fingerprint density at radius 2 is 0.986 bits per heavy atom. The fourth-order valence-electron chi connectivity index (χ4n) is 7.76. The first kappa shape index (κ1) is 52.0. The number of carboxylic acids is 1. The molecule has 0 spiro atoms. The lowest BCUT2D eigenvalue weighted by Crippen LogP contribution is -2.30. The Hall–Kier alpha value is -8.82. The van der Waals surface area contributed by atoms with Crippen molar-refractivity contribution in [3.8, 4) is 11.5 Å². The van der Waals surface area contributed by atoms with Gasteiger partial charge in [-0.05, 0) is 82.9 Å². The van der Waals surface area contributed by atoms with Crippen molar-refractivity contribution in [1.29, 1.82) is 0 Å². The fourth-order valence-corrected chi connectivity index (χ4v) is 7.76. The van der Waals surface area contributed by atoms with E-state index in [9.17, 15) is 69.8 Å². The molecule has 0 unspecified atom stereocenters. The van der Waals surface area contributed by atoms with Gasteiger partial charge in [-0.25, -0.2) is 26.3 Å². The molecule has 0 saturated carbocycles. The Balaban J connectivity index is 0.000000214. The number of hydrogen-bond acceptors (Lipinski definition) is 11. The van der Waals surface area contributed by atoms with Gasteiger partial charge < -0.3 is 39.1 Å². The topological polar surface area (TPSA) is 218 Å². The van der Waals surface area contributed by atoms with Gasteiger partial charge in [-0.2, -0.15) is 0 Å². The second-order valence-corrected chi connectivity index (χ2v) is 16.7. The van der Waals surface area contributed by atoms with Gasteiger partial charge in [-0.15, -0.1) is 0 Å². The minimum absolute atomic E-state index is 0.0190. The van der Waals surface area contributed by atoms with E-state index in [-0.39, 0.29) is 73.2 Å². The van der Waals surface area contributed by atoms with Crippen molar-refractivity contribution < 1.29 is 74.4 Å².